The second-order valence-corrected chi connectivity index (χ2v) is 5.50. The fourth-order valence-electron chi connectivity index (χ4n) is 1.48. The molecule has 0 spiro atoms. The van der Waals surface area contributed by atoms with Gasteiger partial charge in [0.1, 0.15) is 5.82 Å². The number of halogens is 1. The standard InChI is InChI=1S/C13H19FO/c1-12(2,3)9-6-7-10(11(14)8-9)13(4,5)15/h6-8,15H,1-5H3. The van der Waals surface area contributed by atoms with Crippen molar-refractivity contribution in [2.45, 2.75) is 45.6 Å². The van der Waals surface area contributed by atoms with Gasteiger partial charge in [-0.3, -0.25) is 0 Å². The molecule has 84 valence electrons. The molecule has 0 aliphatic heterocycles. The van der Waals surface area contributed by atoms with Crippen LogP contribution in [0.1, 0.15) is 45.7 Å². The van der Waals surface area contributed by atoms with E-state index in [0.29, 0.717) is 5.56 Å². The molecule has 0 saturated carbocycles. The van der Waals surface area contributed by atoms with Crippen molar-refractivity contribution in [2.75, 3.05) is 0 Å². The van der Waals surface area contributed by atoms with E-state index in [1.54, 1.807) is 19.9 Å². The number of hydrogen-bond acceptors (Lipinski definition) is 1. The minimum Gasteiger partial charge on any atom is -0.386 e. The second kappa shape index (κ2) is 3.60. The largest absolute Gasteiger partial charge is 0.386 e. The van der Waals surface area contributed by atoms with Crippen molar-refractivity contribution in [1.82, 2.24) is 0 Å². The molecule has 15 heavy (non-hydrogen) atoms. The maximum Gasteiger partial charge on any atom is 0.129 e. The first-order valence-electron chi connectivity index (χ1n) is 5.15. The third kappa shape index (κ3) is 2.78. The molecule has 1 N–H and O–H groups in total. The molecule has 0 unspecified atom stereocenters. The Balaban J connectivity index is 3.21. The molecule has 0 heterocycles. The smallest absolute Gasteiger partial charge is 0.129 e. The van der Waals surface area contributed by atoms with Gasteiger partial charge in [-0.2, -0.15) is 0 Å². The molecule has 0 bridgehead atoms. The van der Waals surface area contributed by atoms with Gasteiger partial charge in [-0.05, 0) is 30.9 Å². The van der Waals surface area contributed by atoms with E-state index in [-0.39, 0.29) is 11.2 Å². The summed E-state index contributed by atoms with van der Waals surface area (Å²) in [5.74, 6) is -0.338. The number of hydrogen-bond donors (Lipinski definition) is 1. The predicted octanol–water partition coefficient (Wildman–Crippen LogP) is 3.35. The lowest BCUT2D eigenvalue weighted by atomic mass is 9.85. The predicted molar refractivity (Wildman–Crippen MR) is 60.3 cm³/mol. The first-order valence-corrected chi connectivity index (χ1v) is 5.15. The summed E-state index contributed by atoms with van der Waals surface area (Å²) in [6.45, 7) is 9.27. The number of benzene rings is 1. The van der Waals surface area contributed by atoms with Crippen molar-refractivity contribution < 1.29 is 9.50 Å². The summed E-state index contributed by atoms with van der Waals surface area (Å²) < 4.78 is 13.7. The second-order valence-electron chi connectivity index (χ2n) is 5.50. The Bertz CT molecular complexity index is 356. The van der Waals surface area contributed by atoms with Gasteiger partial charge >= 0.3 is 0 Å². The lowest BCUT2D eigenvalue weighted by Crippen LogP contribution is -2.19. The Hall–Kier alpha value is -0.890. The highest BCUT2D eigenvalue weighted by Gasteiger charge is 2.22. The van der Waals surface area contributed by atoms with Gasteiger partial charge in [-0.1, -0.05) is 32.9 Å². The molecule has 1 aromatic rings. The SMILES string of the molecule is CC(C)(C)c1ccc(C(C)(C)O)c(F)c1. The van der Waals surface area contributed by atoms with Gasteiger partial charge in [-0.25, -0.2) is 4.39 Å². The van der Waals surface area contributed by atoms with E-state index in [1.165, 1.54) is 6.07 Å². The zero-order chi connectivity index (χ0) is 11.9. The van der Waals surface area contributed by atoms with Crippen LogP contribution in [0.15, 0.2) is 18.2 Å². The molecule has 0 saturated heterocycles. The van der Waals surface area contributed by atoms with Crippen LogP contribution >= 0.6 is 0 Å². The minimum absolute atomic E-state index is 0.0705. The number of aliphatic hydroxyl groups is 1. The van der Waals surface area contributed by atoms with Gasteiger partial charge in [0.15, 0.2) is 0 Å². The van der Waals surface area contributed by atoms with E-state index in [2.05, 4.69) is 0 Å². The van der Waals surface area contributed by atoms with E-state index in [0.717, 1.165) is 5.56 Å². The molecule has 0 aliphatic carbocycles. The van der Waals surface area contributed by atoms with Crippen LogP contribution in [-0.2, 0) is 11.0 Å². The van der Waals surface area contributed by atoms with Gasteiger partial charge in [0.05, 0.1) is 5.60 Å². The summed E-state index contributed by atoms with van der Waals surface area (Å²) in [6.07, 6.45) is 0. The molecule has 0 radical (unpaired) electrons. The van der Waals surface area contributed by atoms with Crippen molar-refractivity contribution >= 4 is 0 Å². The Morgan fingerprint density at radius 2 is 1.60 bits per heavy atom. The van der Waals surface area contributed by atoms with Crippen molar-refractivity contribution in [3.63, 3.8) is 0 Å². The summed E-state index contributed by atoms with van der Waals surface area (Å²) in [5, 5.41) is 9.72. The molecule has 0 amide bonds. The van der Waals surface area contributed by atoms with E-state index in [4.69, 9.17) is 0 Å². The molecule has 1 nitrogen and oxygen atoms in total. The average Bonchev–Trinajstić information content (AvgIpc) is 1.99. The lowest BCUT2D eigenvalue weighted by molar-refractivity contribution is 0.0745. The van der Waals surface area contributed by atoms with Crippen molar-refractivity contribution in [2.24, 2.45) is 0 Å². The van der Waals surface area contributed by atoms with E-state index < -0.39 is 5.60 Å². The summed E-state index contributed by atoms with van der Waals surface area (Å²) in [5.41, 5.74) is 0.0860. The summed E-state index contributed by atoms with van der Waals surface area (Å²) in [6, 6.07) is 5.04. The molecule has 2 heteroatoms. The molecule has 0 aliphatic rings. The van der Waals surface area contributed by atoms with Crippen LogP contribution in [0.4, 0.5) is 4.39 Å². The van der Waals surface area contributed by atoms with E-state index in [1.807, 2.05) is 26.8 Å². The zero-order valence-corrected chi connectivity index (χ0v) is 10.1. The van der Waals surface area contributed by atoms with Crippen LogP contribution < -0.4 is 0 Å². The highest BCUT2D eigenvalue weighted by Crippen LogP contribution is 2.28. The van der Waals surface area contributed by atoms with Gasteiger partial charge in [-0.15, -0.1) is 0 Å². The molecule has 0 atom stereocenters. The van der Waals surface area contributed by atoms with Gasteiger partial charge < -0.3 is 5.11 Å². The topological polar surface area (TPSA) is 20.2 Å². The van der Waals surface area contributed by atoms with Crippen LogP contribution in [0, 0.1) is 5.82 Å². The van der Waals surface area contributed by atoms with Crippen LogP contribution in [0.25, 0.3) is 0 Å². The van der Waals surface area contributed by atoms with Crippen molar-refractivity contribution in [1.29, 1.82) is 0 Å². The first-order chi connectivity index (χ1) is 6.62. The van der Waals surface area contributed by atoms with Gasteiger partial charge in [0.25, 0.3) is 0 Å². The molecule has 0 aromatic heterocycles. The number of rotatable bonds is 1. The Kier molecular flexibility index (Phi) is 2.92. The highest BCUT2D eigenvalue weighted by atomic mass is 19.1. The maximum atomic E-state index is 13.7. The maximum absolute atomic E-state index is 13.7. The summed E-state index contributed by atoms with van der Waals surface area (Å²) >= 11 is 0. The fraction of sp³-hybridized carbons (Fsp3) is 0.538. The third-order valence-electron chi connectivity index (χ3n) is 2.49. The van der Waals surface area contributed by atoms with Crippen molar-refractivity contribution in [3.8, 4) is 0 Å². The average molecular weight is 210 g/mol. The molecule has 0 fully saturated rings. The van der Waals surface area contributed by atoms with Crippen molar-refractivity contribution in [3.05, 3.63) is 35.1 Å². The summed E-state index contributed by atoms with van der Waals surface area (Å²) in [7, 11) is 0. The van der Waals surface area contributed by atoms with Crippen LogP contribution in [-0.4, -0.2) is 5.11 Å². The molecule has 1 rings (SSSR count). The minimum atomic E-state index is -1.12. The van der Waals surface area contributed by atoms with Crippen LogP contribution in [0.2, 0.25) is 0 Å². The Morgan fingerprint density at radius 1 is 1.07 bits per heavy atom. The Morgan fingerprint density at radius 3 is 1.93 bits per heavy atom. The van der Waals surface area contributed by atoms with Gasteiger partial charge in [0, 0.05) is 5.56 Å². The quantitative estimate of drug-likeness (QED) is 0.753. The third-order valence-corrected chi connectivity index (χ3v) is 2.49. The molecular formula is C13H19FO. The highest BCUT2D eigenvalue weighted by molar-refractivity contribution is 5.31. The van der Waals surface area contributed by atoms with E-state index in [9.17, 15) is 9.50 Å². The first kappa shape index (κ1) is 12.2. The Labute approximate surface area is 90.9 Å². The lowest BCUT2D eigenvalue weighted by Gasteiger charge is -2.23. The summed E-state index contributed by atoms with van der Waals surface area (Å²) in [4.78, 5) is 0. The van der Waals surface area contributed by atoms with Crippen LogP contribution in [0.3, 0.4) is 0 Å². The van der Waals surface area contributed by atoms with E-state index >= 15 is 0 Å². The molecular weight excluding hydrogens is 191 g/mol. The molecule has 1 aromatic carbocycles. The fourth-order valence-corrected chi connectivity index (χ4v) is 1.48. The zero-order valence-electron chi connectivity index (χ0n) is 10.1. The van der Waals surface area contributed by atoms with Gasteiger partial charge in [0.2, 0.25) is 0 Å². The monoisotopic (exact) mass is 210 g/mol. The normalized spacial score (nSPS) is 13.0. The van der Waals surface area contributed by atoms with Crippen LogP contribution in [0.5, 0.6) is 0 Å².